The van der Waals surface area contributed by atoms with Gasteiger partial charge in [0.2, 0.25) is 5.43 Å². The van der Waals surface area contributed by atoms with Crippen molar-refractivity contribution in [3.8, 4) is 5.69 Å². The molecular weight excluding hydrogens is 465 g/mol. The molecule has 0 aliphatic heterocycles. The van der Waals surface area contributed by atoms with Crippen LogP contribution < -0.4 is 10.3 Å². The fourth-order valence-corrected chi connectivity index (χ4v) is 3.09. The van der Waals surface area contributed by atoms with Crippen molar-refractivity contribution in [1.29, 1.82) is 0 Å². The predicted molar refractivity (Wildman–Crippen MR) is 111 cm³/mol. The predicted octanol–water partition coefficient (Wildman–Crippen LogP) is 4.16. The number of halogens is 5. The Morgan fingerprint density at radius 2 is 1.79 bits per heavy atom. The highest BCUT2D eigenvalue weighted by Crippen LogP contribution is 2.19. The van der Waals surface area contributed by atoms with E-state index < -0.39 is 42.5 Å². The van der Waals surface area contributed by atoms with Crippen molar-refractivity contribution in [2.45, 2.75) is 12.6 Å². The number of carboxylic acid groups (broad SMARTS) is 1. The van der Waals surface area contributed by atoms with Crippen molar-refractivity contribution in [2.24, 2.45) is 0 Å². The average Bonchev–Trinajstić information content (AvgIpc) is 2.73. The number of amides is 1. The first-order valence-corrected chi connectivity index (χ1v) is 9.81. The molecule has 12 heteroatoms. The Hall–Kier alpha value is -3.80. The first-order chi connectivity index (χ1) is 16.0. The molecule has 1 N–H and O–H groups in total. The molecule has 0 aliphatic rings. The van der Waals surface area contributed by atoms with E-state index in [2.05, 4.69) is 9.84 Å². The second-order valence-corrected chi connectivity index (χ2v) is 7.15. The summed E-state index contributed by atoms with van der Waals surface area (Å²) in [6.07, 6.45) is -4.71. The minimum atomic E-state index is -4.53. The number of anilines is 1. The summed E-state index contributed by atoms with van der Waals surface area (Å²) in [7, 11) is 0. The van der Waals surface area contributed by atoms with Gasteiger partial charge in [-0.05, 0) is 29.8 Å². The maximum atomic E-state index is 13.5. The number of nitrogens with zero attached hydrogens (tertiary/aromatic N) is 3. The Morgan fingerprint density at radius 3 is 2.44 bits per heavy atom. The van der Waals surface area contributed by atoms with E-state index in [0.29, 0.717) is 11.6 Å². The van der Waals surface area contributed by atoms with E-state index in [1.165, 1.54) is 30.5 Å². The van der Waals surface area contributed by atoms with E-state index in [0.717, 1.165) is 21.7 Å². The quantitative estimate of drug-likeness (QED) is 0.384. The SMILES string of the molecule is O=C(O)N(CCOCC(F)(F)F)c1cccc(Cc2nn(-c3cc(F)cc(F)c3)ccc2=O)c1. The molecule has 2 aromatic carbocycles. The highest BCUT2D eigenvalue weighted by atomic mass is 19.4. The Bertz CT molecular complexity index is 1210. The average molecular weight is 483 g/mol. The van der Waals surface area contributed by atoms with Crippen molar-refractivity contribution < 1.29 is 36.6 Å². The molecule has 1 amide bonds. The Balaban J connectivity index is 1.80. The zero-order valence-electron chi connectivity index (χ0n) is 17.4. The molecule has 3 aromatic rings. The normalized spacial score (nSPS) is 11.4. The molecule has 0 saturated carbocycles. The van der Waals surface area contributed by atoms with E-state index in [1.807, 2.05) is 0 Å². The van der Waals surface area contributed by atoms with Crippen LogP contribution in [0.4, 0.5) is 32.4 Å². The fourth-order valence-electron chi connectivity index (χ4n) is 3.09. The van der Waals surface area contributed by atoms with Gasteiger partial charge in [0, 0.05) is 30.4 Å². The molecule has 0 atom stereocenters. The number of hydrogen-bond donors (Lipinski definition) is 1. The lowest BCUT2D eigenvalue weighted by atomic mass is 10.1. The number of hydrogen-bond acceptors (Lipinski definition) is 4. The van der Waals surface area contributed by atoms with E-state index in [1.54, 1.807) is 6.07 Å². The van der Waals surface area contributed by atoms with E-state index in [9.17, 15) is 36.6 Å². The summed E-state index contributed by atoms with van der Waals surface area (Å²) in [5, 5.41) is 13.6. The molecule has 0 unspecified atom stereocenters. The lowest BCUT2D eigenvalue weighted by molar-refractivity contribution is -0.173. The van der Waals surface area contributed by atoms with Crippen LogP contribution in [0.15, 0.2) is 59.5 Å². The van der Waals surface area contributed by atoms with Gasteiger partial charge in [0.15, 0.2) is 0 Å². The standard InChI is InChI=1S/C22H18F5N3O4/c23-15-10-16(24)12-18(11-15)30-5-4-20(31)19(28-30)9-14-2-1-3-17(8-14)29(21(32)33)6-7-34-13-22(25,26)27/h1-5,8,10-12H,6-7,9,13H2,(H,32,33). The Kier molecular flexibility index (Phi) is 7.61. The Labute approximate surface area is 189 Å². The van der Waals surface area contributed by atoms with Crippen molar-refractivity contribution in [3.63, 3.8) is 0 Å². The lowest BCUT2D eigenvalue weighted by Crippen LogP contribution is -2.33. The van der Waals surface area contributed by atoms with Gasteiger partial charge in [-0.2, -0.15) is 18.3 Å². The molecule has 0 saturated heterocycles. The summed E-state index contributed by atoms with van der Waals surface area (Å²) in [5.74, 6) is -1.64. The molecule has 1 heterocycles. The van der Waals surface area contributed by atoms with Gasteiger partial charge in [-0.15, -0.1) is 0 Å². The molecule has 0 radical (unpaired) electrons. The molecule has 34 heavy (non-hydrogen) atoms. The zero-order valence-corrected chi connectivity index (χ0v) is 17.4. The fraction of sp³-hybridized carbons (Fsp3) is 0.227. The van der Waals surface area contributed by atoms with Crippen LogP contribution in [0.3, 0.4) is 0 Å². The first-order valence-electron chi connectivity index (χ1n) is 9.81. The summed E-state index contributed by atoms with van der Waals surface area (Å²) in [5.41, 5.74) is 0.272. The van der Waals surface area contributed by atoms with Crippen LogP contribution >= 0.6 is 0 Å². The second-order valence-electron chi connectivity index (χ2n) is 7.15. The van der Waals surface area contributed by atoms with Gasteiger partial charge < -0.3 is 9.84 Å². The molecule has 1 aromatic heterocycles. The van der Waals surface area contributed by atoms with Crippen LogP contribution in [0, 0.1) is 11.6 Å². The molecule has 3 rings (SSSR count). The summed E-state index contributed by atoms with van der Waals surface area (Å²) in [6.45, 7) is -2.33. The van der Waals surface area contributed by atoms with Crippen LogP contribution in [0.5, 0.6) is 0 Å². The minimum absolute atomic E-state index is 0.0275. The van der Waals surface area contributed by atoms with Gasteiger partial charge >= 0.3 is 12.3 Å². The number of carbonyl (C=O) groups is 1. The van der Waals surface area contributed by atoms with Crippen LogP contribution in [0.25, 0.3) is 5.69 Å². The van der Waals surface area contributed by atoms with Crippen molar-refractivity contribution >= 4 is 11.8 Å². The van der Waals surface area contributed by atoms with Crippen LogP contribution in [-0.2, 0) is 11.2 Å². The van der Waals surface area contributed by atoms with Crippen molar-refractivity contribution in [1.82, 2.24) is 9.78 Å². The molecule has 0 fully saturated rings. The summed E-state index contributed by atoms with van der Waals surface area (Å²) in [4.78, 5) is 24.7. The van der Waals surface area contributed by atoms with Gasteiger partial charge in [0.05, 0.1) is 18.8 Å². The number of rotatable bonds is 8. The number of benzene rings is 2. The maximum absolute atomic E-state index is 13.5. The monoisotopic (exact) mass is 483 g/mol. The third-order valence-electron chi connectivity index (χ3n) is 4.54. The Morgan fingerprint density at radius 1 is 1.09 bits per heavy atom. The molecule has 180 valence electrons. The van der Waals surface area contributed by atoms with Crippen LogP contribution in [0.2, 0.25) is 0 Å². The van der Waals surface area contributed by atoms with E-state index in [-0.39, 0.29) is 30.0 Å². The molecule has 7 nitrogen and oxygen atoms in total. The highest BCUT2D eigenvalue weighted by Gasteiger charge is 2.27. The number of ether oxygens (including phenoxy) is 1. The van der Waals surface area contributed by atoms with Gasteiger partial charge in [-0.25, -0.2) is 18.3 Å². The third kappa shape index (κ3) is 6.85. The molecule has 0 bridgehead atoms. The van der Waals surface area contributed by atoms with Gasteiger partial charge in [0.1, 0.15) is 23.9 Å². The highest BCUT2D eigenvalue weighted by molar-refractivity contribution is 5.86. The minimum Gasteiger partial charge on any atom is -0.465 e. The van der Waals surface area contributed by atoms with E-state index in [4.69, 9.17) is 0 Å². The summed E-state index contributed by atoms with van der Waals surface area (Å²) < 4.78 is 69.3. The summed E-state index contributed by atoms with van der Waals surface area (Å²) >= 11 is 0. The lowest BCUT2D eigenvalue weighted by Gasteiger charge is -2.20. The molecule has 0 spiro atoms. The maximum Gasteiger partial charge on any atom is 0.411 e. The van der Waals surface area contributed by atoms with E-state index >= 15 is 0 Å². The van der Waals surface area contributed by atoms with Gasteiger partial charge in [-0.1, -0.05) is 12.1 Å². The number of alkyl halides is 3. The first kappa shape index (κ1) is 24.8. The molecule has 0 aliphatic carbocycles. The van der Waals surface area contributed by atoms with Gasteiger partial charge in [0.25, 0.3) is 0 Å². The largest absolute Gasteiger partial charge is 0.465 e. The van der Waals surface area contributed by atoms with Gasteiger partial charge in [-0.3, -0.25) is 9.69 Å². The third-order valence-corrected chi connectivity index (χ3v) is 4.54. The van der Waals surface area contributed by atoms with Crippen LogP contribution in [0.1, 0.15) is 11.3 Å². The molecular formula is C22H18F5N3O4. The van der Waals surface area contributed by atoms with Crippen molar-refractivity contribution in [2.75, 3.05) is 24.7 Å². The topological polar surface area (TPSA) is 84.7 Å². The number of aromatic nitrogens is 2. The van der Waals surface area contributed by atoms with Crippen LogP contribution in [-0.4, -0.2) is 46.9 Å². The second kappa shape index (κ2) is 10.4. The van der Waals surface area contributed by atoms with Crippen molar-refractivity contribution in [3.05, 3.63) is 87.8 Å². The summed E-state index contributed by atoms with van der Waals surface area (Å²) in [6, 6.07) is 9.95. The smallest absolute Gasteiger partial charge is 0.411 e. The zero-order chi connectivity index (χ0) is 24.9.